The number of halogens is 1. The van der Waals surface area contributed by atoms with Crippen molar-refractivity contribution in [2.45, 2.75) is 17.0 Å². The molecule has 0 unspecified atom stereocenters. The molecular weight excluding hydrogens is 314 g/mol. The molecule has 1 heterocycles. The van der Waals surface area contributed by atoms with Crippen LogP contribution in [-0.4, -0.2) is 20.6 Å². The zero-order valence-electron chi connectivity index (χ0n) is 9.94. The topological polar surface area (TPSA) is 80.6 Å². The number of nitrogens with two attached hydrogens (primary N) is 1. The van der Waals surface area contributed by atoms with Gasteiger partial charge in [-0.2, -0.15) is 0 Å². The second-order valence-corrected chi connectivity index (χ2v) is 5.67. The molecule has 2 rings (SSSR count). The smallest absolute Gasteiger partial charge is 0.195 e. The first-order chi connectivity index (χ1) is 8.49. The van der Waals surface area contributed by atoms with Gasteiger partial charge in [0.2, 0.25) is 0 Å². The Morgan fingerprint density at radius 2 is 2.17 bits per heavy atom. The van der Waals surface area contributed by atoms with Crippen molar-refractivity contribution in [3.8, 4) is 0 Å². The minimum Gasteiger partial charge on any atom is -0.384 e. The average molecular weight is 326 g/mol. The van der Waals surface area contributed by atoms with Crippen LogP contribution in [0.25, 0.3) is 0 Å². The highest BCUT2D eigenvalue weighted by atomic mass is 79.9. The Balaban J connectivity index is 2.42. The van der Waals surface area contributed by atoms with Gasteiger partial charge >= 0.3 is 0 Å². The summed E-state index contributed by atoms with van der Waals surface area (Å²) in [6.07, 6.45) is 0. The molecule has 2 aromatic rings. The highest BCUT2D eigenvalue weighted by molar-refractivity contribution is 9.10. The zero-order valence-corrected chi connectivity index (χ0v) is 12.3. The molecule has 0 amide bonds. The lowest BCUT2D eigenvalue weighted by atomic mass is 10.2. The van der Waals surface area contributed by atoms with Crippen LogP contribution in [0.2, 0.25) is 0 Å². The Kier molecular flexibility index (Phi) is 3.72. The van der Waals surface area contributed by atoms with Crippen molar-refractivity contribution in [1.82, 2.24) is 14.8 Å². The van der Waals surface area contributed by atoms with Crippen LogP contribution < -0.4 is 5.73 Å². The third-order valence-electron chi connectivity index (χ3n) is 2.49. The molecular formula is C11H12BrN5S. The fourth-order valence-corrected chi connectivity index (χ4v) is 2.91. The van der Waals surface area contributed by atoms with E-state index in [1.165, 1.54) is 11.8 Å². The van der Waals surface area contributed by atoms with Gasteiger partial charge in [-0.15, -0.1) is 10.2 Å². The second-order valence-electron chi connectivity index (χ2n) is 3.75. The van der Waals surface area contributed by atoms with Crippen molar-refractivity contribution >= 4 is 33.5 Å². The summed E-state index contributed by atoms with van der Waals surface area (Å²) in [6.45, 7) is 1.89. The first-order valence-electron chi connectivity index (χ1n) is 5.17. The summed E-state index contributed by atoms with van der Waals surface area (Å²) in [7, 11) is 1.91. The lowest BCUT2D eigenvalue weighted by Crippen LogP contribution is -2.12. The number of amidine groups is 1. The molecule has 0 spiro atoms. The van der Waals surface area contributed by atoms with Gasteiger partial charge in [0.05, 0.1) is 0 Å². The highest BCUT2D eigenvalue weighted by Crippen LogP contribution is 2.31. The van der Waals surface area contributed by atoms with Crippen LogP contribution in [0.5, 0.6) is 0 Å². The quantitative estimate of drug-likeness (QED) is 0.670. The van der Waals surface area contributed by atoms with E-state index >= 15 is 0 Å². The molecule has 1 aromatic carbocycles. The number of hydrogen-bond donors (Lipinski definition) is 2. The Labute approximate surface area is 117 Å². The van der Waals surface area contributed by atoms with Crippen molar-refractivity contribution in [3.05, 3.63) is 34.1 Å². The molecule has 7 heteroatoms. The van der Waals surface area contributed by atoms with Gasteiger partial charge in [-0.3, -0.25) is 5.41 Å². The fraction of sp³-hybridized carbons (Fsp3) is 0.182. The monoisotopic (exact) mass is 325 g/mol. The number of aryl methyl sites for hydroxylation is 1. The van der Waals surface area contributed by atoms with Gasteiger partial charge in [0.1, 0.15) is 11.7 Å². The minimum absolute atomic E-state index is 0.0453. The van der Waals surface area contributed by atoms with Crippen LogP contribution in [0.3, 0.4) is 0 Å². The Hall–Kier alpha value is -1.34. The Morgan fingerprint density at radius 3 is 2.72 bits per heavy atom. The molecule has 0 aliphatic rings. The lowest BCUT2D eigenvalue weighted by molar-refractivity contribution is 0.765. The van der Waals surface area contributed by atoms with Crippen molar-refractivity contribution in [3.63, 3.8) is 0 Å². The molecule has 0 fully saturated rings. The van der Waals surface area contributed by atoms with Crippen LogP contribution in [0.1, 0.15) is 11.4 Å². The summed E-state index contributed by atoms with van der Waals surface area (Å²) in [5.74, 6) is 0.890. The number of rotatable bonds is 3. The van der Waals surface area contributed by atoms with Crippen LogP contribution in [0, 0.1) is 12.3 Å². The van der Waals surface area contributed by atoms with Crippen LogP contribution in [0.15, 0.2) is 32.7 Å². The minimum atomic E-state index is 0.0453. The lowest BCUT2D eigenvalue weighted by Gasteiger charge is -2.08. The average Bonchev–Trinajstić information content (AvgIpc) is 2.61. The first-order valence-corrected chi connectivity index (χ1v) is 6.78. The molecule has 1 aromatic heterocycles. The Morgan fingerprint density at radius 1 is 1.44 bits per heavy atom. The van der Waals surface area contributed by atoms with Crippen molar-refractivity contribution in [2.75, 3.05) is 0 Å². The van der Waals surface area contributed by atoms with E-state index < -0.39 is 0 Å². The van der Waals surface area contributed by atoms with Gasteiger partial charge in [-0.05, 0) is 36.9 Å². The number of hydrogen-bond acceptors (Lipinski definition) is 4. The Bertz CT molecular complexity index is 607. The second kappa shape index (κ2) is 5.11. The van der Waals surface area contributed by atoms with Crippen molar-refractivity contribution in [1.29, 1.82) is 5.41 Å². The summed E-state index contributed by atoms with van der Waals surface area (Å²) in [5.41, 5.74) is 6.27. The van der Waals surface area contributed by atoms with E-state index in [9.17, 15) is 0 Å². The third kappa shape index (κ3) is 2.56. The zero-order chi connectivity index (χ0) is 13.3. The molecule has 0 aliphatic heterocycles. The van der Waals surface area contributed by atoms with Gasteiger partial charge in [0.25, 0.3) is 0 Å². The summed E-state index contributed by atoms with van der Waals surface area (Å²) in [6, 6.07) is 5.60. The molecule has 18 heavy (non-hydrogen) atoms. The molecule has 0 saturated carbocycles. The number of nitrogens with one attached hydrogen (secondary N) is 1. The predicted molar refractivity (Wildman–Crippen MR) is 75.0 cm³/mol. The van der Waals surface area contributed by atoms with Gasteiger partial charge in [-0.25, -0.2) is 0 Å². The maximum Gasteiger partial charge on any atom is 0.195 e. The van der Waals surface area contributed by atoms with E-state index in [4.69, 9.17) is 11.1 Å². The standard InChI is InChI=1S/C11H12BrN5S/c1-6-15-16-11(17(6)2)18-9-5-7(12)3-4-8(9)10(13)14/h3-5H,1-2H3,(H3,13,14). The molecule has 0 radical (unpaired) electrons. The molecule has 0 atom stereocenters. The van der Waals surface area contributed by atoms with Crippen LogP contribution in [0.4, 0.5) is 0 Å². The SMILES string of the molecule is Cc1nnc(Sc2cc(Br)ccc2C(=N)N)n1C. The number of benzene rings is 1. The van der Waals surface area contributed by atoms with Crippen molar-refractivity contribution < 1.29 is 0 Å². The van der Waals surface area contributed by atoms with Crippen LogP contribution >= 0.6 is 27.7 Å². The van der Waals surface area contributed by atoms with E-state index in [-0.39, 0.29) is 5.84 Å². The summed E-state index contributed by atoms with van der Waals surface area (Å²) in [5, 5.41) is 16.4. The van der Waals surface area contributed by atoms with Gasteiger partial charge in [0, 0.05) is 22.0 Å². The maximum absolute atomic E-state index is 7.58. The largest absolute Gasteiger partial charge is 0.384 e. The summed E-state index contributed by atoms with van der Waals surface area (Å²) < 4.78 is 2.84. The molecule has 94 valence electrons. The summed E-state index contributed by atoms with van der Waals surface area (Å²) in [4.78, 5) is 0.882. The van der Waals surface area contributed by atoms with Crippen LogP contribution in [-0.2, 0) is 7.05 Å². The third-order valence-corrected chi connectivity index (χ3v) is 4.08. The van der Waals surface area contributed by atoms with E-state index in [0.29, 0.717) is 5.56 Å². The first kappa shape index (κ1) is 13.1. The molecule has 5 nitrogen and oxygen atoms in total. The molecule has 0 aliphatic carbocycles. The van der Waals surface area contributed by atoms with Gasteiger partial charge in [-0.1, -0.05) is 15.9 Å². The summed E-state index contributed by atoms with van der Waals surface area (Å²) >= 11 is 4.86. The van der Waals surface area contributed by atoms with E-state index in [1.54, 1.807) is 0 Å². The van der Waals surface area contributed by atoms with Gasteiger partial charge in [0.15, 0.2) is 5.16 Å². The maximum atomic E-state index is 7.58. The molecule has 0 saturated heterocycles. The molecule has 0 bridgehead atoms. The number of nitrogens with zero attached hydrogens (tertiary/aromatic N) is 3. The van der Waals surface area contributed by atoms with Gasteiger partial charge < -0.3 is 10.3 Å². The normalized spacial score (nSPS) is 10.6. The fourth-order valence-electron chi connectivity index (χ4n) is 1.38. The van der Waals surface area contributed by atoms with E-state index in [2.05, 4.69) is 26.1 Å². The number of nitrogen functional groups attached to an aromatic ring is 1. The highest BCUT2D eigenvalue weighted by Gasteiger charge is 2.12. The van der Waals surface area contributed by atoms with Crippen molar-refractivity contribution in [2.24, 2.45) is 12.8 Å². The number of aromatic nitrogens is 3. The molecule has 3 N–H and O–H groups in total. The predicted octanol–water partition coefficient (Wildman–Crippen LogP) is 2.32. The van der Waals surface area contributed by atoms with E-state index in [1.807, 2.05) is 36.7 Å². The van der Waals surface area contributed by atoms with E-state index in [0.717, 1.165) is 20.3 Å².